The highest BCUT2D eigenvalue weighted by atomic mass is 16.7. The molecule has 302 valence electrons. The maximum absolute atomic E-state index is 13.1. The summed E-state index contributed by atoms with van der Waals surface area (Å²) in [6.07, 6.45) is -2.26. The van der Waals surface area contributed by atoms with Crippen LogP contribution in [0.4, 0.5) is 0 Å². The van der Waals surface area contributed by atoms with Gasteiger partial charge in [-0.3, -0.25) is 4.79 Å². The van der Waals surface area contributed by atoms with E-state index in [-0.39, 0.29) is 40.3 Å². The van der Waals surface area contributed by atoms with Gasteiger partial charge in [-0.2, -0.15) is 0 Å². The first kappa shape index (κ1) is 40.0. The Morgan fingerprint density at radius 3 is 2.19 bits per heavy atom. The zero-order valence-corrected chi connectivity index (χ0v) is 32.7. The lowest BCUT2D eigenvalue weighted by molar-refractivity contribution is -0.351. The number of fused-ring (bicyclic) bond motifs is 7. The Morgan fingerprint density at radius 2 is 1.51 bits per heavy atom. The molecule has 2 aliphatic heterocycles. The SMILES string of the molecule is CC1CCC2(C(=O)O)CCC3(C)C(=CCC4C5(C)CCC(OC6OCC(OC7OC(CO)C(O)C(O)C7O)C(O)C6O)C(C)(C)C5CCC43C)C2C1C. The smallest absolute Gasteiger partial charge is 0.310 e. The Morgan fingerprint density at radius 1 is 0.811 bits per heavy atom. The third-order valence-corrected chi connectivity index (χ3v) is 17.2. The molecule has 2 saturated heterocycles. The predicted molar refractivity (Wildman–Crippen MR) is 192 cm³/mol. The van der Waals surface area contributed by atoms with Crippen molar-refractivity contribution in [2.24, 2.45) is 56.7 Å². The van der Waals surface area contributed by atoms with Crippen molar-refractivity contribution in [3.05, 3.63) is 11.6 Å². The lowest BCUT2D eigenvalue weighted by Crippen LogP contribution is -2.66. The number of hydrogen-bond acceptors (Lipinski definition) is 11. The predicted octanol–water partition coefficient (Wildman–Crippen LogP) is 3.38. The fourth-order valence-corrected chi connectivity index (χ4v) is 13.6. The van der Waals surface area contributed by atoms with E-state index < -0.39 is 73.3 Å². The molecular weight excluding hydrogens is 684 g/mol. The van der Waals surface area contributed by atoms with Crippen molar-refractivity contribution in [1.82, 2.24) is 0 Å². The Kier molecular flexibility index (Phi) is 10.4. The number of hydrogen-bond donors (Lipinski definition) is 7. The highest BCUT2D eigenvalue weighted by Gasteiger charge is 2.70. The second-order valence-electron chi connectivity index (χ2n) is 19.6. The fraction of sp³-hybridized carbons (Fsp3) is 0.927. The van der Waals surface area contributed by atoms with Crippen LogP contribution in [0.25, 0.3) is 0 Å². The van der Waals surface area contributed by atoms with E-state index in [1.54, 1.807) is 0 Å². The molecule has 6 fully saturated rings. The third kappa shape index (κ3) is 5.77. The van der Waals surface area contributed by atoms with Crippen LogP contribution in [0.1, 0.15) is 106 Å². The number of carbonyl (C=O) groups is 1. The molecule has 7 N–H and O–H groups in total. The third-order valence-electron chi connectivity index (χ3n) is 17.2. The molecule has 0 aromatic rings. The number of aliphatic carboxylic acids is 1. The summed E-state index contributed by atoms with van der Waals surface area (Å²) in [7, 11) is 0. The Labute approximate surface area is 314 Å². The normalized spacial score (nSPS) is 55.1. The summed E-state index contributed by atoms with van der Waals surface area (Å²) in [4.78, 5) is 13.1. The molecule has 5 aliphatic carbocycles. The van der Waals surface area contributed by atoms with Gasteiger partial charge < -0.3 is 54.7 Å². The fourth-order valence-electron chi connectivity index (χ4n) is 13.6. The molecule has 0 radical (unpaired) electrons. The summed E-state index contributed by atoms with van der Waals surface area (Å²) in [6.45, 7) is 15.8. The first-order valence-electron chi connectivity index (χ1n) is 20.3. The molecule has 19 unspecified atom stereocenters. The summed E-state index contributed by atoms with van der Waals surface area (Å²) in [5.41, 5.74) is 0.461. The van der Waals surface area contributed by atoms with Crippen LogP contribution in [-0.2, 0) is 23.7 Å². The summed E-state index contributed by atoms with van der Waals surface area (Å²) in [5.74, 6) is 1.05. The number of rotatable bonds is 6. The summed E-state index contributed by atoms with van der Waals surface area (Å²) in [6, 6.07) is 0. The average molecular weight is 751 g/mol. The first-order chi connectivity index (χ1) is 24.8. The topological polar surface area (TPSA) is 196 Å². The summed E-state index contributed by atoms with van der Waals surface area (Å²) >= 11 is 0. The van der Waals surface area contributed by atoms with Gasteiger partial charge in [0, 0.05) is 0 Å². The monoisotopic (exact) mass is 750 g/mol. The van der Waals surface area contributed by atoms with E-state index in [9.17, 15) is 40.5 Å². The second kappa shape index (κ2) is 13.7. The molecule has 4 saturated carbocycles. The highest BCUT2D eigenvalue weighted by Crippen LogP contribution is 2.76. The summed E-state index contributed by atoms with van der Waals surface area (Å²) in [5, 5.41) is 73.3. The van der Waals surface area contributed by atoms with Gasteiger partial charge in [-0.05, 0) is 109 Å². The number of aliphatic hydroxyl groups excluding tert-OH is 6. The van der Waals surface area contributed by atoms with Crippen LogP contribution < -0.4 is 0 Å². The molecule has 0 amide bonds. The van der Waals surface area contributed by atoms with Crippen molar-refractivity contribution < 1.29 is 59.5 Å². The van der Waals surface area contributed by atoms with Gasteiger partial charge in [-0.25, -0.2) is 0 Å². The van der Waals surface area contributed by atoms with Gasteiger partial charge in [-0.1, -0.05) is 60.1 Å². The molecule has 53 heavy (non-hydrogen) atoms. The zero-order valence-electron chi connectivity index (χ0n) is 32.7. The van der Waals surface area contributed by atoms with E-state index in [1.165, 1.54) is 5.57 Å². The lowest BCUT2D eigenvalue weighted by Gasteiger charge is -2.71. The molecule has 2 heterocycles. The van der Waals surface area contributed by atoms with Crippen LogP contribution in [0.2, 0.25) is 0 Å². The van der Waals surface area contributed by atoms with Crippen molar-refractivity contribution >= 4 is 5.97 Å². The van der Waals surface area contributed by atoms with Gasteiger partial charge in [0.25, 0.3) is 0 Å². The van der Waals surface area contributed by atoms with E-state index in [0.29, 0.717) is 23.7 Å². The minimum Gasteiger partial charge on any atom is -0.481 e. The molecule has 7 aliphatic rings. The highest BCUT2D eigenvalue weighted by molar-refractivity contribution is 5.76. The number of allylic oxidation sites excluding steroid dienone is 2. The van der Waals surface area contributed by atoms with Crippen molar-refractivity contribution in [3.8, 4) is 0 Å². The maximum atomic E-state index is 13.1. The minimum atomic E-state index is -1.65. The van der Waals surface area contributed by atoms with E-state index in [0.717, 1.165) is 57.8 Å². The molecule has 0 aromatic carbocycles. The van der Waals surface area contributed by atoms with Crippen molar-refractivity contribution in [1.29, 1.82) is 0 Å². The Balaban J connectivity index is 1.06. The van der Waals surface area contributed by atoms with Gasteiger partial charge in [0.15, 0.2) is 12.6 Å². The maximum Gasteiger partial charge on any atom is 0.310 e. The van der Waals surface area contributed by atoms with E-state index in [2.05, 4.69) is 54.5 Å². The van der Waals surface area contributed by atoms with Gasteiger partial charge in [0.1, 0.15) is 42.7 Å². The number of aliphatic hydroxyl groups is 6. The molecular formula is C41H66O12. The van der Waals surface area contributed by atoms with Crippen LogP contribution in [0.3, 0.4) is 0 Å². The van der Waals surface area contributed by atoms with Crippen LogP contribution >= 0.6 is 0 Å². The molecule has 12 nitrogen and oxygen atoms in total. The van der Waals surface area contributed by atoms with Crippen LogP contribution in [0, 0.1) is 56.7 Å². The minimum absolute atomic E-state index is 0.0180. The van der Waals surface area contributed by atoms with Crippen LogP contribution in [0.15, 0.2) is 11.6 Å². The van der Waals surface area contributed by atoms with Crippen molar-refractivity contribution in [2.75, 3.05) is 13.2 Å². The Hall–Kier alpha value is -1.19. The van der Waals surface area contributed by atoms with E-state index >= 15 is 0 Å². The van der Waals surface area contributed by atoms with Gasteiger partial charge in [0.05, 0.1) is 24.7 Å². The lowest BCUT2D eigenvalue weighted by atomic mass is 9.33. The van der Waals surface area contributed by atoms with Crippen molar-refractivity contribution in [2.45, 2.75) is 168 Å². The van der Waals surface area contributed by atoms with Crippen LogP contribution in [-0.4, -0.2) is 116 Å². The van der Waals surface area contributed by atoms with Crippen LogP contribution in [0.5, 0.6) is 0 Å². The quantitative estimate of drug-likeness (QED) is 0.155. The number of carboxylic acid groups (broad SMARTS) is 1. The molecule has 0 bridgehead atoms. The molecule has 0 aromatic heterocycles. The molecule has 12 heteroatoms. The van der Waals surface area contributed by atoms with E-state index in [1.807, 2.05) is 0 Å². The van der Waals surface area contributed by atoms with Crippen molar-refractivity contribution in [3.63, 3.8) is 0 Å². The second-order valence-corrected chi connectivity index (χ2v) is 19.6. The van der Waals surface area contributed by atoms with Gasteiger partial charge in [-0.15, -0.1) is 0 Å². The van der Waals surface area contributed by atoms with Gasteiger partial charge >= 0.3 is 5.97 Å². The molecule has 0 spiro atoms. The Bertz CT molecular complexity index is 1420. The standard InChI is InChI=1S/C41H66O12/c1-20-10-15-41(36(48)49)17-16-39(6)22(28(41)21(20)2)8-9-26-38(5)13-12-27(37(3,4)25(38)11-14-40(26,39)7)53-34-32(46)30(44)24(19-50-34)52-35-33(47)31(45)29(43)23(18-42)51-35/h8,20-21,23-35,42-47H,9-19H2,1-7H3,(H,48,49). The number of ether oxygens (including phenoxy) is 4. The largest absolute Gasteiger partial charge is 0.481 e. The van der Waals surface area contributed by atoms with Gasteiger partial charge in [0.2, 0.25) is 0 Å². The zero-order chi connectivity index (χ0) is 38.6. The first-order valence-corrected chi connectivity index (χ1v) is 20.3. The summed E-state index contributed by atoms with van der Waals surface area (Å²) < 4.78 is 23.7. The van der Waals surface area contributed by atoms with E-state index in [4.69, 9.17) is 18.9 Å². The molecule has 7 rings (SSSR count). The molecule has 19 atom stereocenters. The average Bonchev–Trinajstić information content (AvgIpc) is 3.10. The number of carboxylic acids is 1.